The van der Waals surface area contributed by atoms with Crippen LogP contribution in [0.15, 0.2) is 30.3 Å². The highest BCUT2D eigenvalue weighted by Gasteiger charge is 2.25. The molecule has 1 aliphatic rings. The largest absolute Gasteiger partial charge is 0.355 e. The molecule has 3 rings (SSSR count). The van der Waals surface area contributed by atoms with Crippen molar-refractivity contribution in [2.45, 2.75) is 39.0 Å². The summed E-state index contributed by atoms with van der Waals surface area (Å²) in [5.41, 5.74) is 1.70. The van der Waals surface area contributed by atoms with Crippen LogP contribution >= 0.6 is 0 Å². The summed E-state index contributed by atoms with van der Waals surface area (Å²) in [5, 5.41) is 16.7. The van der Waals surface area contributed by atoms with Crippen LogP contribution in [0.1, 0.15) is 49.4 Å². The van der Waals surface area contributed by atoms with Crippen LogP contribution in [0.2, 0.25) is 0 Å². The number of carbonyl (C=O) groups excluding carboxylic acids is 1. The molecule has 2 heterocycles. The predicted octanol–water partition coefficient (Wildman–Crippen LogP) is 3.64. The summed E-state index contributed by atoms with van der Waals surface area (Å²) in [4.78, 5) is 14.5. The van der Waals surface area contributed by atoms with Crippen LogP contribution in [0, 0.1) is 23.1 Å². The Bertz CT molecular complexity index is 857. The Morgan fingerprint density at radius 3 is 2.78 bits per heavy atom. The van der Waals surface area contributed by atoms with Gasteiger partial charge in [-0.25, -0.2) is 4.39 Å². The molecule has 0 spiro atoms. The fourth-order valence-corrected chi connectivity index (χ4v) is 3.53. The molecule has 2 aromatic rings. The lowest BCUT2D eigenvalue weighted by Gasteiger charge is -2.16. The third-order valence-corrected chi connectivity index (χ3v) is 4.98. The molecule has 1 aliphatic heterocycles. The van der Waals surface area contributed by atoms with Gasteiger partial charge in [-0.15, -0.1) is 10.2 Å². The number of benzene rings is 1. The Balaban J connectivity index is 1.54. The van der Waals surface area contributed by atoms with E-state index in [2.05, 4.69) is 15.1 Å². The van der Waals surface area contributed by atoms with Gasteiger partial charge < -0.3 is 4.90 Å². The van der Waals surface area contributed by atoms with E-state index in [1.165, 1.54) is 6.07 Å². The monoisotopic (exact) mass is 366 g/mol. The van der Waals surface area contributed by atoms with E-state index in [-0.39, 0.29) is 29.9 Å². The summed E-state index contributed by atoms with van der Waals surface area (Å²) < 4.78 is 14.1. The summed E-state index contributed by atoms with van der Waals surface area (Å²) in [6.07, 6.45) is 1.66. The molecule has 1 atom stereocenters. The number of ketones is 1. The lowest BCUT2D eigenvalue weighted by atomic mass is 9.95. The molecule has 140 valence electrons. The van der Waals surface area contributed by atoms with Crippen molar-refractivity contribution < 1.29 is 9.18 Å². The zero-order chi connectivity index (χ0) is 19.4. The van der Waals surface area contributed by atoms with Gasteiger partial charge in [0.2, 0.25) is 0 Å². The maximum Gasteiger partial charge on any atom is 0.163 e. The standard InChI is InChI=1S/C21H23FN4O/c1-14(2)19-5-3-15(11-20(19)22)9-18(27)10-16-7-8-26(13-16)21-6-4-17(12-23)24-25-21/h3-6,11,14,16H,7-10,13H2,1-2H3. The molecule has 1 aromatic carbocycles. The van der Waals surface area contributed by atoms with Gasteiger partial charge in [0.05, 0.1) is 0 Å². The maximum absolute atomic E-state index is 14.1. The first-order valence-corrected chi connectivity index (χ1v) is 9.25. The van der Waals surface area contributed by atoms with E-state index in [0.717, 1.165) is 30.9 Å². The van der Waals surface area contributed by atoms with E-state index < -0.39 is 0 Å². The van der Waals surface area contributed by atoms with Crippen molar-refractivity contribution in [1.29, 1.82) is 5.26 Å². The number of hydrogen-bond donors (Lipinski definition) is 0. The van der Waals surface area contributed by atoms with Gasteiger partial charge in [0, 0.05) is 25.9 Å². The average molecular weight is 366 g/mol. The molecule has 1 unspecified atom stereocenters. The number of aromatic nitrogens is 2. The summed E-state index contributed by atoms with van der Waals surface area (Å²) in [7, 11) is 0. The van der Waals surface area contributed by atoms with Crippen LogP contribution < -0.4 is 4.90 Å². The highest BCUT2D eigenvalue weighted by atomic mass is 19.1. The number of nitrogens with zero attached hydrogens (tertiary/aromatic N) is 4. The van der Waals surface area contributed by atoms with Gasteiger partial charge in [0.15, 0.2) is 11.5 Å². The second-order valence-corrected chi connectivity index (χ2v) is 7.42. The molecular weight excluding hydrogens is 343 g/mol. The summed E-state index contributed by atoms with van der Waals surface area (Å²) in [6.45, 7) is 5.46. The van der Waals surface area contributed by atoms with Gasteiger partial charge in [0.25, 0.3) is 0 Å². The van der Waals surface area contributed by atoms with Gasteiger partial charge >= 0.3 is 0 Å². The lowest BCUT2D eigenvalue weighted by Crippen LogP contribution is -2.22. The average Bonchev–Trinajstić information content (AvgIpc) is 3.09. The first-order chi connectivity index (χ1) is 13.0. The van der Waals surface area contributed by atoms with Crippen molar-refractivity contribution in [2.24, 2.45) is 5.92 Å². The second-order valence-electron chi connectivity index (χ2n) is 7.42. The van der Waals surface area contributed by atoms with E-state index >= 15 is 0 Å². The fraction of sp³-hybridized carbons (Fsp3) is 0.429. The van der Waals surface area contributed by atoms with Gasteiger partial charge in [-0.2, -0.15) is 5.26 Å². The van der Waals surface area contributed by atoms with Crippen LogP contribution in [-0.4, -0.2) is 29.1 Å². The van der Waals surface area contributed by atoms with Gasteiger partial charge in [-0.1, -0.05) is 26.0 Å². The summed E-state index contributed by atoms with van der Waals surface area (Å²) in [5.74, 6) is 1.01. The van der Waals surface area contributed by atoms with Crippen LogP contribution in [0.5, 0.6) is 0 Å². The van der Waals surface area contributed by atoms with Crippen molar-refractivity contribution in [3.8, 4) is 6.07 Å². The zero-order valence-electron chi connectivity index (χ0n) is 15.7. The molecule has 27 heavy (non-hydrogen) atoms. The smallest absolute Gasteiger partial charge is 0.163 e. The third kappa shape index (κ3) is 4.68. The Kier molecular flexibility index (Phi) is 5.80. The van der Waals surface area contributed by atoms with Crippen molar-refractivity contribution in [3.05, 3.63) is 53.0 Å². The molecule has 0 aliphatic carbocycles. The maximum atomic E-state index is 14.1. The SMILES string of the molecule is CC(C)c1ccc(CC(=O)CC2CCN(c3ccc(C#N)nn3)C2)cc1F. The minimum Gasteiger partial charge on any atom is -0.355 e. The van der Waals surface area contributed by atoms with Crippen molar-refractivity contribution in [3.63, 3.8) is 0 Å². The third-order valence-electron chi connectivity index (χ3n) is 4.98. The number of nitriles is 1. The topological polar surface area (TPSA) is 69.9 Å². The molecule has 5 nitrogen and oxygen atoms in total. The van der Waals surface area contributed by atoms with Crippen molar-refractivity contribution in [2.75, 3.05) is 18.0 Å². The minimum absolute atomic E-state index is 0.129. The Morgan fingerprint density at radius 2 is 2.15 bits per heavy atom. The molecule has 0 amide bonds. The van der Waals surface area contributed by atoms with Crippen LogP contribution in [0.4, 0.5) is 10.2 Å². The van der Waals surface area contributed by atoms with E-state index in [1.807, 2.05) is 26.0 Å². The van der Waals surface area contributed by atoms with Crippen LogP contribution in [0.3, 0.4) is 0 Å². The highest BCUT2D eigenvalue weighted by Crippen LogP contribution is 2.25. The molecule has 1 saturated heterocycles. The van der Waals surface area contributed by atoms with E-state index in [0.29, 0.717) is 17.7 Å². The Morgan fingerprint density at radius 1 is 1.33 bits per heavy atom. The first kappa shape index (κ1) is 19.0. The summed E-state index contributed by atoms with van der Waals surface area (Å²) in [6, 6.07) is 10.5. The molecule has 0 bridgehead atoms. The molecule has 1 aromatic heterocycles. The van der Waals surface area contributed by atoms with E-state index in [4.69, 9.17) is 5.26 Å². The Labute approximate surface area is 158 Å². The summed E-state index contributed by atoms with van der Waals surface area (Å²) >= 11 is 0. The van der Waals surface area contributed by atoms with Crippen molar-refractivity contribution >= 4 is 11.6 Å². The van der Waals surface area contributed by atoms with E-state index in [1.54, 1.807) is 18.2 Å². The quantitative estimate of drug-likeness (QED) is 0.781. The lowest BCUT2D eigenvalue weighted by molar-refractivity contribution is -0.119. The highest BCUT2D eigenvalue weighted by molar-refractivity contribution is 5.81. The van der Waals surface area contributed by atoms with Gasteiger partial charge in [0.1, 0.15) is 17.7 Å². The number of hydrogen-bond acceptors (Lipinski definition) is 5. The van der Waals surface area contributed by atoms with E-state index in [9.17, 15) is 9.18 Å². The predicted molar refractivity (Wildman–Crippen MR) is 101 cm³/mol. The first-order valence-electron chi connectivity index (χ1n) is 9.25. The molecule has 0 N–H and O–H groups in total. The van der Waals surface area contributed by atoms with Crippen LogP contribution in [0.25, 0.3) is 0 Å². The van der Waals surface area contributed by atoms with Crippen LogP contribution in [-0.2, 0) is 11.2 Å². The number of carbonyl (C=O) groups is 1. The fourth-order valence-electron chi connectivity index (χ4n) is 3.53. The van der Waals surface area contributed by atoms with Gasteiger partial charge in [-0.3, -0.25) is 4.79 Å². The number of rotatable bonds is 6. The zero-order valence-corrected chi connectivity index (χ0v) is 15.7. The van der Waals surface area contributed by atoms with Crippen molar-refractivity contribution in [1.82, 2.24) is 10.2 Å². The molecule has 1 fully saturated rings. The number of halogens is 1. The normalized spacial score (nSPS) is 16.6. The Hall–Kier alpha value is -2.81. The molecule has 0 radical (unpaired) electrons. The molecule has 6 heteroatoms. The molecule has 0 saturated carbocycles. The number of Topliss-reactive ketones (excluding diaryl/α,β-unsaturated/α-hetero) is 1. The molecular formula is C21H23FN4O. The number of anilines is 1. The minimum atomic E-state index is -0.235. The second kappa shape index (κ2) is 8.26. The van der Waals surface area contributed by atoms with Gasteiger partial charge in [-0.05, 0) is 47.6 Å².